The van der Waals surface area contributed by atoms with Gasteiger partial charge in [-0.25, -0.2) is 9.97 Å². The summed E-state index contributed by atoms with van der Waals surface area (Å²) in [5, 5.41) is 1.26. The average Bonchev–Trinajstić information content (AvgIpc) is 3.21. The number of aryl methyl sites for hydroxylation is 2. The second kappa shape index (κ2) is 8.70. The fourth-order valence-corrected chi connectivity index (χ4v) is 6.02. The molecule has 0 atom stereocenters. The van der Waals surface area contributed by atoms with E-state index in [-0.39, 0.29) is 11.8 Å². The SMILES string of the molecule is COc1ccccc1C(=O)N1CCN(c2nc(C(C)C)nc3sc4c(c23)CCCC4)CC1. The first-order chi connectivity index (χ1) is 15.6. The number of hydrogen-bond donors (Lipinski definition) is 0. The second-order valence-corrected chi connectivity index (χ2v) is 10.0. The minimum absolute atomic E-state index is 0.0331. The van der Waals surface area contributed by atoms with Crippen LogP contribution in [0.2, 0.25) is 0 Å². The highest BCUT2D eigenvalue weighted by Crippen LogP contribution is 2.40. The second-order valence-electron chi connectivity index (χ2n) is 8.93. The molecule has 2 aliphatic rings. The van der Waals surface area contributed by atoms with Crippen molar-refractivity contribution in [1.29, 1.82) is 0 Å². The van der Waals surface area contributed by atoms with Gasteiger partial charge in [-0.3, -0.25) is 4.79 Å². The number of amides is 1. The number of nitrogens with zero attached hydrogens (tertiary/aromatic N) is 4. The predicted molar refractivity (Wildman–Crippen MR) is 129 cm³/mol. The van der Waals surface area contributed by atoms with Gasteiger partial charge in [-0.1, -0.05) is 26.0 Å². The molecule has 3 aromatic rings. The van der Waals surface area contributed by atoms with Crippen LogP contribution in [0.4, 0.5) is 5.82 Å². The summed E-state index contributed by atoms with van der Waals surface area (Å²) in [5.74, 6) is 2.93. The highest BCUT2D eigenvalue weighted by Gasteiger charge is 2.28. The molecule has 5 rings (SSSR count). The Morgan fingerprint density at radius 3 is 2.56 bits per heavy atom. The van der Waals surface area contributed by atoms with E-state index in [1.54, 1.807) is 7.11 Å². The molecule has 168 valence electrons. The van der Waals surface area contributed by atoms with Gasteiger partial charge >= 0.3 is 0 Å². The molecule has 1 saturated heterocycles. The lowest BCUT2D eigenvalue weighted by Crippen LogP contribution is -2.49. The monoisotopic (exact) mass is 450 g/mol. The summed E-state index contributed by atoms with van der Waals surface area (Å²) >= 11 is 1.86. The highest BCUT2D eigenvalue weighted by molar-refractivity contribution is 7.19. The van der Waals surface area contributed by atoms with Crippen LogP contribution in [0.5, 0.6) is 5.75 Å². The Morgan fingerprint density at radius 2 is 1.81 bits per heavy atom. The van der Waals surface area contributed by atoms with Crippen LogP contribution in [0.1, 0.15) is 59.2 Å². The molecule has 7 heteroatoms. The Kier molecular flexibility index (Phi) is 5.76. The number of rotatable bonds is 4. The largest absolute Gasteiger partial charge is 0.496 e. The lowest BCUT2D eigenvalue weighted by molar-refractivity contribution is 0.0743. The summed E-state index contributed by atoms with van der Waals surface area (Å²) in [6, 6.07) is 7.46. The number of carbonyl (C=O) groups excluding carboxylic acids is 1. The molecule has 0 bridgehead atoms. The zero-order chi connectivity index (χ0) is 22.2. The van der Waals surface area contributed by atoms with Crippen molar-refractivity contribution in [2.75, 3.05) is 38.2 Å². The Hall–Kier alpha value is -2.67. The number of piperazine rings is 1. The normalized spacial score (nSPS) is 16.5. The van der Waals surface area contributed by atoms with Crippen molar-refractivity contribution in [3.63, 3.8) is 0 Å². The first-order valence-corrected chi connectivity index (χ1v) is 12.4. The van der Waals surface area contributed by atoms with Crippen LogP contribution < -0.4 is 9.64 Å². The van der Waals surface area contributed by atoms with E-state index in [2.05, 4.69) is 18.7 Å². The molecule has 1 amide bonds. The van der Waals surface area contributed by atoms with Gasteiger partial charge in [0, 0.05) is 37.0 Å². The number of fused-ring (bicyclic) bond motifs is 3. The van der Waals surface area contributed by atoms with E-state index in [9.17, 15) is 4.79 Å². The lowest BCUT2D eigenvalue weighted by Gasteiger charge is -2.36. The van der Waals surface area contributed by atoms with Crippen molar-refractivity contribution in [2.45, 2.75) is 45.4 Å². The maximum Gasteiger partial charge on any atom is 0.257 e. The molecule has 3 heterocycles. The van der Waals surface area contributed by atoms with Gasteiger partial charge < -0.3 is 14.5 Å². The summed E-state index contributed by atoms with van der Waals surface area (Å²) in [7, 11) is 1.61. The van der Waals surface area contributed by atoms with Crippen LogP contribution in [-0.2, 0) is 12.8 Å². The van der Waals surface area contributed by atoms with Crippen molar-refractivity contribution in [1.82, 2.24) is 14.9 Å². The standard InChI is InChI=1S/C25H30N4O2S/c1-16(2)22-26-23(21-18-9-5-7-11-20(18)32-24(21)27-22)28-12-14-29(15-13-28)25(30)17-8-4-6-10-19(17)31-3/h4,6,8,10,16H,5,7,9,11-15H2,1-3H3. The minimum atomic E-state index is 0.0331. The van der Waals surface area contributed by atoms with Crippen LogP contribution in [0, 0.1) is 0 Å². The Morgan fingerprint density at radius 1 is 1.06 bits per heavy atom. The zero-order valence-electron chi connectivity index (χ0n) is 19.1. The van der Waals surface area contributed by atoms with Crippen LogP contribution in [0.3, 0.4) is 0 Å². The fourth-order valence-electron chi connectivity index (χ4n) is 4.75. The summed E-state index contributed by atoms with van der Waals surface area (Å²) in [6.07, 6.45) is 4.79. The van der Waals surface area contributed by atoms with Crippen LogP contribution in [0.25, 0.3) is 10.2 Å². The number of thiophene rings is 1. The van der Waals surface area contributed by atoms with Gasteiger partial charge in [-0.05, 0) is 43.4 Å². The van der Waals surface area contributed by atoms with Crippen molar-refractivity contribution in [2.24, 2.45) is 0 Å². The third-order valence-electron chi connectivity index (χ3n) is 6.53. The van der Waals surface area contributed by atoms with Gasteiger partial charge in [0.1, 0.15) is 22.2 Å². The van der Waals surface area contributed by atoms with E-state index < -0.39 is 0 Å². The smallest absolute Gasteiger partial charge is 0.257 e. The lowest BCUT2D eigenvalue weighted by atomic mass is 9.96. The quantitative estimate of drug-likeness (QED) is 0.578. The summed E-state index contributed by atoms with van der Waals surface area (Å²) in [6.45, 7) is 7.20. The van der Waals surface area contributed by atoms with Crippen LogP contribution in [-0.4, -0.2) is 54.1 Å². The molecule has 0 saturated carbocycles. The van der Waals surface area contributed by atoms with E-state index in [1.807, 2.05) is 40.5 Å². The van der Waals surface area contributed by atoms with Crippen molar-refractivity contribution in [3.05, 3.63) is 46.1 Å². The topological polar surface area (TPSA) is 58.6 Å². The molecule has 0 spiro atoms. The third-order valence-corrected chi connectivity index (χ3v) is 7.72. The Labute approximate surface area is 193 Å². The number of methoxy groups -OCH3 is 1. The van der Waals surface area contributed by atoms with Gasteiger partial charge in [0.25, 0.3) is 5.91 Å². The molecule has 0 radical (unpaired) electrons. The van der Waals surface area contributed by atoms with Crippen LogP contribution >= 0.6 is 11.3 Å². The maximum absolute atomic E-state index is 13.1. The van der Waals surface area contributed by atoms with Crippen molar-refractivity contribution >= 4 is 33.3 Å². The van der Waals surface area contributed by atoms with E-state index in [1.165, 1.54) is 28.7 Å². The molecule has 1 fully saturated rings. The summed E-state index contributed by atoms with van der Waals surface area (Å²) in [4.78, 5) is 30.1. The van der Waals surface area contributed by atoms with Gasteiger partial charge in [0.05, 0.1) is 18.1 Å². The van der Waals surface area contributed by atoms with E-state index in [4.69, 9.17) is 14.7 Å². The van der Waals surface area contributed by atoms with Crippen molar-refractivity contribution in [3.8, 4) is 5.75 Å². The number of ether oxygens (including phenoxy) is 1. The number of benzene rings is 1. The first kappa shape index (κ1) is 21.2. The average molecular weight is 451 g/mol. The number of hydrogen-bond acceptors (Lipinski definition) is 6. The van der Waals surface area contributed by atoms with Gasteiger partial charge in [0.15, 0.2) is 0 Å². The summed E-state index contributed by atoms with van der Waals surface area (Å²) in [5.41, 5.74) is 2.09. The molecule has 1 aliphatic heterocycles. The number of anilines is 1. The van der Waals surface area contributed by atoms with E-state index >= 15 is 0 Å². The molecular formula is C25H30N4O2S. The van der Waals surface area contributed by atoms with Gasteiger partial charge in [0.2, 0.25) is 0 Å². The number of aromatic nitrogens is 2. The van der Waals surface area contributed by atoms with E-state index in [0.29, 0.717) is 24.4 Å². The molecule has 6 nitrogen and oxygen atoms in total. The van der Waals surface area contributed by atoms with Crippen molar-refractivity contribution < 1.29 is 9.53 Å². The molecule has 2 aromatic heterocycles. The molecule has 1 aromatic carbocycles. The summed E-state index contributed by atoms with van der Waals surface area (Å²) < 4.78 is 5.40. The number of para-hydroxylation sites is 1. The molecule has 32 heavy (non-hydrogen) atoms. The van der Waals surface area contributed by atoms with Crippen LogP contribution in [0.15, 0.2) is 24.3 Å². The molecule has 0 unspecified atom stereocenters. The maximum atomic E-state index is 13.1. The molecule has 1 aliphatic carbocycles. The van der Waals surface area contributed by atoms with Gasteiger partial charge in [-0.2, -0.15) is 0 Å². The molecule has 0 N–H and O–H groups in total. The zero-order valence-corrected chi connectivity index (χ0v) is 19.9. The minimum Gasteiger partial charge on any atom is -0.496 e. The van der Waals surface area contributed by atoms with E-state index in [0.717, 1.165) is 42.4 Å². The van der Waals surface area contributed by atoms with Gasteiger partial charge in [-0.15, -0.1) is 11.3 Å². The Balaban J connectivity index is 1.43. The predicted octanol–water partition coefficient (Wildman–Crippen LogP) is 4.66. The highest BCUT2D eigenvalue weighted by atomic mass is 32.1. The number of carbonyl (C=O) groups is 1. The Bertz CT molecular complexity index is 1150. The molecular weight excluding hydrogens is 420 g/mol. The first-order valence-electron chi connectivity index (χ1n) is 11.6. The third kappa shape index (κ3) is 3.72. The fraction of sp³-hybridized carbons (Fsp3) is 0.480.